The van der Waals surface area contributed by atoms with Gasteiger partial charge in [-0.2, -0.15) is 5.10 Å². The van der Waals surface area contributed by atoms with Gasteiger partial charge in [0.2, 0.25) is 0 Å². The summed E-state index contributed by atoms with van der Waals surface area (Å²) in [5, 5.41) is 8.49. The minimum absolute atomic E-state index is 0.534. The van der Waals surface area contributed by atoms with Crippen LogP contribution in [0, 0.1) is 12.8 Å². The van der Waals surface area contributed by atoms with Crippen molar-refractivity contribution >= 4 is 11.6 Å². The molecule has 0 amide bonds. The fraction of sp³-hybridized carbons (Fsp3) is 0.750. The van der Waals surface area contributed by atoms with Crippen LogP contribution in [0.25, 0.3) is 0 Å². The van der Waals surface area contributed by atoms with Gasteiger partial charge in [-0.3, -0.25) is 4.68 Å². The van der Waals surface area contributed by atoms with Gasteiger partial charge in [0.1, 0.15) is 0 Å². The van der Waals surface area contributed by atoms with Crippen LogP contribution in [-0.2, 0) is 13.5 Å². The van der Waals surface area contributed by atoms with Crippen molar-refractivity contribution in [1.82, 2.24) is 15.1 Å². The number of hydrogen-bond acceptors (Lipinski definition) is 2. The molecular weight excluding hydrogens is 222 g/mol. The van der Waals surface area contributed by atoms with Gasteiger partial charge in [-0.1, -0.05) is 25.4 Å². The van der Waals surface area contributed by atoms with Crippen molar-refractivity contribution in [2.75, 3.05) is 7.05 Å². The summed E-state index contributed by atoms with van der Waals surface area (Å²) in [5.74, 6) is 0.637. The van der Waals surface area contributed by atoms with E-state index in [-0.39, 0.29) is 0 Å². The molecule has 92 valence electrons. The number of aromatic nitrogens is 2. The Kier molecular flexibility index (Phi) is 4.81. The molecule has 0 bridgehead atoms. The van der Waals surface area contributed by atoms with Gasteiger partial charge in [0.25, 0.3) is 0 Å². The Balaban J connectivity index is 2.67. The van der Waals surface area contributed by atoms with Crippen molar-refractivity contribution in [3.63, 3.8) is 0 Å². The van der Waals surface area contributed by atoms with Gasteiger partial charge in [0, 0.05) is 13.1 Å². The molecule has 0 fully saturated rings. The van der Waals surface area contributed by atoms with Crippen molar-refractivity contribution in [2.24, 2.45) is 13.0 Å². The fourth-order valence-electron chi connectivity index (χ4n) is 2.05. The first kappa shape index (κ1) is 13.5. The van der Waals surface area contributed by atoms with Gasteiger partial charge in [-0.05, 0) is 32.7 Å². The highest BCUT2D eigenvalue weighted by molar-refractivity contribution is 6.31. The van der Waals surface area contributed by atoms with Crippen LogP contribution in [0.3, 0.4) is 0 Å². The largest absolute Gasteiger partial charge is 0.317 e. The van der Waals surface area contributed by atoms with Crippen LogP contribution in [0.4, 0.5) is 0 Å². The molecule has 1 heterocycles. The van der Waals surface area contributed by atoms with E-state index in [2.05, 4.69) is 24.3 Å². The summed E-state index contributed by atoms with van der Waals surface area (Å²) < 4.78 is 1.89. The summed E-state index contributed by atoms with van der Waals surface area (Å²) in [6.07, 6.45) is 2.06. The molecule has 4 heteroatoms. The first-order chi connectivity index (χ1) is 7.47. The zero-order chi connectivity index (χ0) is 12.3. The second kappa shape index (κ2) is 5.69. The second-order valence-electron chi connectivity index (χ2n) is 4.65. The van der Waals surface area contributed by atoms with E-state index in [0.717, 1.165) is 29.3 Å². The second-order valence-corrected chi connectivity index (χ2v) is 5.03. The van der Waals surface area contributed by atoms with Crippen LogP contribution in [0.5, 0.6) is 0 Å². The van der Waals surface area contributed by atoms with E-state index in [1.165, 1.54) is 0 Å². The Hall–Kier alpha value is -0.540. The maximum Gasteiger partial charge on any atom is 0.0846 e. The number of hydrogen-bond donors (Lipinski definition) is 1. The van der Waals surface area contributed by atoms with Crippen LogP contribution in [0.2, 0.25) is 5.02 Å². The molecule has 0 aliphatic rings. The lowest BCUT2D eigenvalue weighted by molar-refractivity contribution is 0.399. The van der Waals surface area contributed by atoms with E-state index in [9.17, 15) is 0 Å². The number of halogens is 1. The molecule has 1 atom stereocenters. The topological polar surface area (TPSA) is 29.9 Å². The SMILES string of the molecule is CNC(CCc1c(Cl)c(C)nn1C)C(C)C. The van der Waals surface area contributed by atoms with Gasteiger partial charge in [-0.15, -0.1) is 0 Å². The third kappa shape index (κ3) is 2.98. The molecule has 1 unspecified atom stereocenters. The lowest BCUT2D eigenvalue weighted by Crippen LogP contribution is -2.31. The lowest BCUT2D eigenvalue weighted by atomic mass is 9.98. The molecule has 1 N–H and O–H groups in total. The zero-order valence-electron chi connectivity index (χ0n) is 10.8. The van der Waals surface area contributed by atoms with Gasteiger partial charge in [-0.25, -0.2) is 0 Å². The quantitative estimate of drug-likeness (QED) is 0.862. The van der Waals surface area contributed by atoms with Crippen LogP contribution in [0.15, 0.2) is 0 Å². The van der Waals surface area contributed by atoms with E-state index in [1.807, 2.05) is 25.7 Å². The molecule has 1 rings (SSSR count). The Morgan fingerprint density at radius 3 is 2.44 bits per heavy atom. The molecule has 0 aliphatic carbocycles. The molecule has 0 aliphatic heterocycles. The number of nitrogens with zero attached hydrogens (tertiary/aromatic N) is 2. The van der Waals surface area contributed by atoms with Gasteiger partial charge in [0.05, 0.1) is 16.4 Å². The summed E-state index contributed by atoms with van der Waals surface area (Å²) in [7, 11) is 3.97. The van der Waals surface area contributed by atoms with Crippen molar-refractivity contribution in [3.05, 3.63) is 16.4 Å². The minimum atomic E-state index is 0.534. The van der Waals surface area contributed by atoms with Crippen molar-refractivity contribution in [1.29, 1.82) is 0 Å². The average Bonchev–Trinajstić information content (AvgIpc) is 2.44. The number of nitrogens with one attached hydrogen (secondary N) is 1. The van der Waals surface area contributed by atoms with Crippen molar-refractivity contribution in [3.8, 4) is 0 Å². The first-order valence-electron chi connectivity index (χ1n) is 5.82. The molecule has 0 saturated carbocycles. The standard InChI is InChI=1S/C12H22ClN3/c1-8(2)10(14-4)6-7-11-12(13)9(3)15-16(11)5/h8,10,14H,6-7H2,1-5H3. The highest BCUT2D eigenvalue weighted by Gasteiger charge is 2.15. The van der Waals surface area contributed by atoms with Crippen LogP contribution in [0.1, 0.15) is 31.7 Å². The van der Waals surface area contributed by atoms with Gasteiger partial charge in [0.15, 0.2) is 0 Å². The normalized spacial score (nSPS) is 13.4. The predicted molar refractivity (Wildman–Crippen MR) is 69.0 cm³/mol. The molecule has 16 heavy (non-hydrogen) atoms. The Morgan fingerprint density at radius 1 is 1.44 bits per heavy atom. The van der Waals surface area contributed by atoms with Crippen LogP contribution >= 0.6 is 11.6 Å². The van der Waals surface area contributed by atoms with Gasteiger partial charge >= 0.3 is 0 Å². The van der Waals surface area contributed by atoms with E-state index >= 15 is 0 Å². The fourth-order valence-corrected chi connectivity index (χ4v) is 2.31. The summed E-state index contributed by atoms with van der Waals surface area (Å²) in [6, 6.07) is 0.534. The highest BCUT2D eigenvalue weighted by Crippen LogP contribution is 2.21. The monoisotopic (exact) mass is 243 g/mol. The minimum Gasteiger partial charge on any atom is -0.317 e. The molecule has 3 nitrogen and oxygen atoms in total. The summed E-state index contributed by atoms with van der Waals surface area (Å²) >= 11 is 6.22. The van der Waals surface area contributed by atoms with Crippen LogP contribution < -0.4 is 5.32 Å². The maximum atomic E-state index is 6.22. The van der Waals surface area contributed by atoms with Crippen LogP contribution in [-0.4, -0.2) is 22.9 Å². The highest BCUT2D eigenvalue weighted by atomic mass is 35.5. The van der Waals surface area contributed by atoms with Crippen molar-refractivity contribution < 1.29 is 0 Å². The lowest BCUT2D eigenvalue weighted by Gasteiger charge is -2.20. The third-order valence-corrected chi connectivity index (χ3v) is 3.62. The Labute approximate surface area is 103 Å². The number of rotatable bonds is 5. The molecule has 1 aromatic heterocycles. The molecule has 0 spiro atoms. The summed E-state index contributed by atoms with van der Waals surface area (Å²) in [5.41, 5.74) is 2.06. The Bertz CT molecular complexity index is 344. The molecular formula is C12H22ClN3. The summed E-state index contributed by atoms with van der Waals surface area (Å²) in [6.45, 7) is 6.42. The molecule has 0 radical (unpaired) electrons. The van der Waals surface area contributed by atoms with E-state index in [0.29, 0.717) is 12.0 Å². The third-order valence-electron chi connectivity index (χ3n) is 3.13. The van der Waals surface area contributed by atoms with E-state index in [4.69, 9.17) is 11.6 Å². The van der Waals surface area contributed by atoms with E-state index < -0.39 is 0 Å². The van der Waals surface area contributed by atoms with Gasteiger partial charge < -0.3 is 5.32 Å². The predicted octanol–water partition coefficient (Wildman–Crippen LogP) is 2.56. The first-order valence-corrected chi connectivity index (χ1v) is 6.20. The molecule has 0 saturated heterocycles. The maximum absolute atomic E-state index is 6.22. The smallest absolute Gasteiger partial charge is 0.0846 e. The molecule has 0 aromatic carbocycles. The zero-order valence-corrected chi connectivity index (χ0v) is 11.6. The van der Waals surface area contributed by atoms with Crippen molar-refractivity contribution in [2.45, 2.75) is 39.7 Å². The molecule has 1 aromatic rings. The van der Waals surface area contributed by atoms with E-state index in [1.54, 1.807) is 0 Å². The number of aryl methyl sites for hydroxylation is 2. The Morgan fingerprint density at radius 2 is 2.06 bits per heavy atom. The summed E-state index contributed by atoms with van der Waals surface area (Å²) in [4.78, 5) is 0. The average molecular weight is 244 g/mol.